The lowest BCUT2D eigenvalue weighted by Crippen LogP contribution is -2.25. The third kappa shape index (κ3) is 4.49. The number of phenols is 1. The number of methoxy groups -OCH3 is 1. The van der Waals surface area contributed by atoms with Crippen molar-refractivity contribution < 1.29 is 24.1 Å². The average Bonchev–Trinajstić information content (AvgIpc) is 2.68. The molecule has 0 amide bonds. The summed E-state index contributed by atoms with van der Waals surface area (Å²) in [7, 11) is 1.54. The molecule has 150 valence electrons. The minimum absolute atomic E-state index is 0.0163. The van der Waals surface area contributed by atoms with E-state index in [1.54, 1.807) is 6.07 Å². The Morgan fingerprint density at radius 1 is 1.11 bits per heavy atom. The van der Waals surface area contributed by atoms with Crippen molar-refractivity contribution >= 4 is 11.8 Å². The van der Waals surface area contributed by atoms with Gasteiger partial charge >= 0.3 is 0 Å². The van der Waals surface area contributed by atoms with Gasteiger partial charge in [-0.1, -0.05) is 36.4 Å². The second-order valence-electron chi connectivity index (χ2n) is 6.91. The predicted octanol–water partition coefficient (Wildman–Crippen LogP) is 5.15. The fraction of sp³-hybridized carbons (Fsp3) is 0.391. The summed E-state index contributed by atoms with van der Waals surface area (Å²) in [6.45, 7) is 6.40. The molecular formula is C23H28O5. The van der Waals surface area contributed by atoms with E-state index in [1.807, 2.05) is 63.2 Å². The number of benzene rings is 2. The van der Waals surface area contributed by atoms with E-state index in [-0.39, 0.29) is 11.9 Å². The number of fused-ring (bicyclic) bond motifs is 1. The van der Waals surface area contributed by atoms with Gasteiger partial charge in [-0.3, -0.25) is 0 Å². The van der Waals surface area contributed by atoms with Gasteiger partial charge < -0.3 is 24.1 Å². The van der Waals surface area contributed by atoms with Crippen LogP contribution in [0.5, 0.6) is 11.5 Å². The Labute approximate surface area is 166 Å². The highest BCUT2D eigenvalue weighted by atomic mass is 16.7. The largest absolute Gasteiger partial charge is 0.504 e. The molecule has 2 aromatic rings. The number of aromatic hydroxyl groups is 1. The van der Waals surface area contributed by atoms with E-state index >= 15 is 0 Å². The average molecular weight is 384 g/mol. The molecule has 5 nitrogen and oxygen atoms in total. The standard InChI is InChI=1S/C23H28O5/c1-5-26-21(27-15(2)3)14-20-22-17(11-12-18(25-4)23(22)24)13-19(28-20)16-9-7-6-8-10-16/h6-13,15,20-21,24H,5,14H2,1-4H3. The van der Waals surface area contributed by atoms with E-state index in [2.05, 4.69) is 0 Å². The third-order valence-corrected chi connectivity index (χ3v) is 4.55. The Morgan fingerprint density at radius 2 is 1.86 bits per heavy atom. The molecule has 0 radical (unpaired) electrons. The van der Waals surface area contributed by atoms with Crippen LogP contribution in [-0.4, -0.2) is 31.2 Å². The number of hydrogen-bond acceptors (Lipinski definition) is 5. The Bertz CT molecular complexity index is 813. The molecule has 0 aliphatic carbocycles. The minimum Gasteiger partial charge on any atom is -0.504 e. The highest BCUT2D eigenvalue weighted by Crippen LogP contribution is 2.46. The molecule has 0 fully saturated rings. The zero-order chi connectivity index (χ0) is 20.1. The van der Waals surface area contributed by atoms with Crippen molar-refractivity contribution in [2.24, 2.45) is 0 Å². The van der Waals surface area contributed by atoms with Gasteiger partial charge in [0.15, 0.2) is 17.8 Å². The SMILES string of the molecule is CCOC(CC1OC(c2ccccc2)=Cc2ccc(OC)c(O)c21)OC(C)C. The highest BCUT2D eigenvalue weighted by molar-refractivity contribution is 5.82. The molecular weight excluding hydrogens is 356 g/mol. The maximum Gasteiger partial charge on any atom is 0.165 e. The molecule has 0 aromatic heterocycles. The fourth-order valence-electron chi connectivity index (χ4n) is 3.37. The van der Waals surface area contributed by atoms with Gasteiger partial charge in [0.25, 0.3) is 0 Å². The van der Waals surface area contributed by atoms with Gasteiger partial charge in [-0.05, 0) is 38.5 Å². The van der Waals surface area contributed by atoms with Crippen molar-refractivity contribution in [1.29, 1.82) is 0 Å². The molecule has 0 spiro atoms. The zero-order valence-corrected chi connectivity index (χ0v) is 16.8. The number of ether oxygens (including phenoxy) is 4. The van der Waals surface area contributed by atoms with Gasteiger partial charge in [-0.2, -0.15) is 0 Å². The normalized spacial score (nSPS) is 16.9. The van der Waals surface area contributed by atoms with Crippen LogP contribution in [0, 0.1) is 0 Å². The van der Waals surface area contributed by atoms with E-state index in [0.29, 0.717) is 24.3 Å². The first-order valence-corrected chi connectivity index (χ1v) is 9.64. The molecule has 2 atom stereocenters. The number of hydrogen-bond donors (Lipinski definition) is 1. The smallest absolute Gasteiger partial charge is 0.165 e. The van der Waals surface area contributed by atoms with Crippen molar-refractivity contribution in [3.63, 3.8) is 0 Å². The summed E-state index contributed by atoms with van der Waals surface area (Å²) in [5, 5.41) is 10.8. The molecule has 0 saturated heterocycles. The van der Waals surface area contributed by atoms with Crippen molar-refractivity contribution in [1.82, 2.24) is 0 Å². The number of phenolic OH excluding ortho intramolecular Hbond substituents is 1. The van der Waals surface area contributed by atoms with Crippen molar-refractivity contribution in [2.45, 2.75) is 45.7 Å². The van der Waals surface area contributed by atoms with Crippen molar-refractivity contribution in [3.05, 3.63) is 59.2 Å². The van der Waals surface area contributed by atoms with Crippen LogP contribution in [0.2, 0.25) is 0 Å². The molecule has 0 saturated carbocycles. The lowest BCUT2D eigenvalue weighted by molar-refractivity contribution is -0.174. The van der Waals surface area contributed by atoms with E-state index in [9.17, 15) is 5.11 Å². The maximum atomic E-state index is 10.8. The predicted molar refractivity (Wildman–Crippen MR) is 109 cm³/mol. The summed E-state index contributed by atoms with van der Waals surface area (Å²) >= 11 is 0. The van der Waals surface area contributed by atoms with E-state index in [1.165, 1.54) is 7.11 Å². The van der Waals surface area contributed by atoms with Crippen LogP contribution >= 0.6 is 0 Å². The fourth-order valence-corrected chi connectivity index (χ4v) is 3.37. The first-order chi connectivity index (χ1) is 13.5. The summed E-state index contributed by atoms with van der Waals surface area (Å²) in [4.78, 5) is 0. The molecule has 1 N–H and O–H groups in total. The first kappa shape index (κ1) is 20.2. The summed E-state index contributed by atoms with van der Waals surface area (Å²) in [6, 6.07) is 13.6. The van der Waals surface area contributed by atoms with E-state index < -0.39 is 12.4 Å². The molecule has 2 unspecified atom stereocenters. The summed E-state index contributed by atoms with van der Waals surface area (Å²) in [6.07, 6.45) is 1.54. The number of rotatable bonds is 8. The Balaban J connectivity index is 2.00. The zero-order valence-electron chi connectivity index (χ0n) is 16.8. The minimum atomic E-state index is -0.441. The van der Waals surface area contributed by atoms with Gasteiger partial charge in [0, 0.05) is 24.2 Å². The lowest BCUT2D eigenvalue weighted by atomic mass is 9.94. The lowest BCUT2D eigenvalue weighted by Gasteiger charge is -2.31. The van der Waals surface area contributed by atoms with Crippen LogP contribution < -0.4 is 4.74 Å². The van der Waals surface area contributed by atoms with Crippen molar-refractivity contribution in [2.75, 3.05) is 13.7 Å². The van der Waals surface area contributed by atoms with Crippen LogP contribution in [-0.2, 0) is 14.2 Å². The van der Waals surface area contributed by atoms with Crippen LogP contribution in [0.15, 0.2) is 42.5 Å². The van der Waals surface area contributed by atoms with Gasteiger partial charge in [0.2, 0.25) is 0 Å². The second-order valence-corrected chi connectivity index (χ2v) is 6.91. The third-order valence-electron chi connectivity index (χ3n) is 4.55. The van der Waals surface area contributed by atoms with Crippen LogP contribution in [0.25, 0.3) is 11.8 Å². The molecule has 1 aliphatic heterocycles. The van der Waals surface area contributed by atoms with E-state index in [4.69, 9.17) is 18.9 Å². The quantitative estimate of drug-likeness (QED) is 0.638. The Hall–Kier alpha value is -2.50. The molecule has 0 bridgehead atoms. The molecule has 3 rings (SSSR count). The van der Waals surface area contributed by atoms with Gasteiger partial charge in [0.1, 0.15) is 11.9 Å². The molecule has 5 heteroatoms. The molecule has 28 heavy (non-hydrogen) atoms. The summed E-state index contributed by atoms with van der Waals surface area (Å²) < 4.78 is 23.3. The first-order valence-electron chi connectivity index (χ1n) is 9.64. The molecule has 1 heterocycles. The second kappa shape index (κ2) is 9.13. The Kier molecular flexibility index (Phi) is 6.60. The molecule has 2 aromatic carbocycles. The molecule has 1 aliphatic rings. The van der Waals surface area contributed by atoms with Crippen LogP contribution in [0.1, 0.15) is 50.0 Å². The van der Waals surface area contributed by atoms with Crippen LogP contribution in [0.4, 0.5) is 0 Å². The van der Waals surface area contributed by atoms with Gasteiger partial charge in [0.05, 0.1) is 13.2 Å². The summed E-state index contributed by atoms with van der Waals surface area (Å²) in [5.41, 5.74) is 2.57. The van der Waals surface area contributed by atoms with E-state index in [0.717, 1.165) is 16.9 Å². The van der Waals surface area contributed by atoms with Gasteiger partial charge in [-0.25, -0.2) is 0 Å². The summed E-state index contributed by atoms with van der Waals surface area (Å²) in [5.74, 6) is 1.26. The van der Waals surface area contributed by atoms with Crippen molar-refractivity contribution in [3.8, 4) is 11.5 Å². The van der Waals surface area contributed by atoms with Crippen LogP contribution in [0.3, 0.4) is 0 Å². The maximum absolute atomic E-state index is 10.8. The van der Waals surface area contributed by atoms with Gasteiger partial charge in [-0.15, -0.1) is 0 Å². The monoisotopic (exact) mass is 384 g/mol. The topological polar surface area (TPSA) is 57.2 Å². The Morgan fingerprint density at radius 3 is 2.50 bits per heavy atom. The highest BCUT2D eigenvalue weighted by Gasteiger charge is 2.31.